The molecule has 0 aliphatic carbocycles. The lowest BCUT2D eigenvalue weighted by Crippen LogP contribution is -2.48. The van der Waals surface area contributed by atoms with Crippen LogP contribution in [-0.2, 0) is 17.8 Å². The van der Waals surface area contributed by atoms with E-state index in [-0.39, 0.29) is 23.8 Å². The molecule has 0 spiro atoms. The summed E-state index contributed by atoms with van der Waals surface area (Å²) in [6.45, 7) is 2.49. The molecular weight excluding hydrogens is 271 g/mol. The number of fused-ring (bicyclic) bond motifs is 1. The van der Waals surface area contributed by atoms with Crippen LogP contribution in [0.25, 0.3) is 0 Å². The number of imidazole rings is 1. The topological polar surface area (TPSA) is 69.8 Å². The van der Waals surface area contributed by atoms with E-state index in [1.807, 2.05) is 6.92 Å². The van der Waals surface area contributed by atoms with E-state index < -0.39 is 0 Å². The highest BCUT2D eigenvalue weighted by molar-refractivity contribution is 5.82. The number of benzene rings is 1. The summed E-state index contributed by atoms with van der Waals surface area (Å²) in [7, 11) is 0. The fraction of sp³-hybridized carbons (Fsp3) is 0.333. The van der Waals surface area contributed by atoms with E-state index in [0.29, 0.717) is 13.0 Å². The number of rotatable bonds is 3. The molecule has 5 nitrogen and oxygen atoms in total. The number of nitrogens with one attached hydrogen (secondary N) is 3. The fourth-order valence-corrected chi connectivity index (χ4v) is 2.50. The molecule has 1 aliphatic rings. The van der Waals surface area contributed by atoms with Crippen LogP contribution in [0.3, 0.4) is 0 Å². The van der Waals surface area contributed by atoms with Gasteiger partial charge >= 0.3 is 0 Å². The van der Waals surface area contributed by atoms with Crippen molar-refractivity contribution in [2.24, 2.45) is 0 Å². The number of hydrogen-bond donors (Lipinski definition) is 3. The van der Waals surface area contributed by atoms with Crippen LogP contribution < -0.4 is 10.6 Å². The van der Waals surface area contributed by atoms with E-state index in [4.69, 9.17) is 0 Å². The van der Waals surface area contributed by atoms with Crippen molar-refractivity contribution in [3.63, 3.8) is 0 Å². The van der Waals surface area contributed by atoms with Crippen LogP contribution in [0.2, 0.25) is 0 Å². The SMILES string of the molecule is C[C@H](NC(=O)C1Cc2nc[nH]c2CN1)c1ccc(F)cc1. The maximum absolute atomic E-state index is 12.9. The van der Waals surface area contributed by atoms with Crippen LogP contribution in [0.1, 0.15) is 29.9 Å². The summed E-state index contributed by atoms with van der Waals surface area (Å²) >= 11 is 0. The lowest BCUT2D eigenvalue weighted by Gasteiger charge is -2.24. The first-order chi connectivity index (χ1) is 10.1. The number of amides is 1. The molecule has 6 heteroatoms. The Morgan fingerprint density at radius 2 is 2.19 bits per heavy atom. The average molecular weight is 288 g/mol. The maximum Gasteiger partial charge on any atom is 0.238 e. The number of H-pyrrole nitrogens is 1. The van der Waals surface area contributed by atoms with Gasteiger partial charge in [0.1, 0.15) is 5.82 Å². The number of carbonyl (C=O) groups excluding carboxylic acids is 1. The van der Waals surface area contributed by atoms with Gasteiger partial charge in [-0.2, -0.15) is 0 Å². The molecule has 3 rings (SSSR count). The highest BCUT2D eigenvalue weighted by atomic mass is 19.1. The molecule has 2 heterocycles. The largest absolute Gasteiger partial charge is 0.348 e. The standard InChI is InChI=1S/C15H17FN4O/c1-9(10-2-4-11(16)5-3-10)20-15(21)13-6-12-14(7-17-13)19-8-18-12/h2-5,8-9,13,17H,6-7H2,1H3,(H,18,19)(H,20,21)/t9-,13?/m0/s1. The second-order valence-corrected chi connectivity index (χ2v) is 5.25. The van der Waals surface area contributed by atoms with Gasteiger partial charge < -0.3 is 10.3 Å². The van der Waals surface area contributed by atoms with Gasteiger partial charge in [0.2, 0.25) is 5.91 Å². The summed E-state index contributed by atoms with van der Waals surface area (Å²) in [6, 6.07) is 5.70. The van der Waals surface area contributed by atoms with Gasteiger partial charge in [0.25, 0.3) is 0 Å². The van der Waals surface area contributed by atoms with Crippen molar-refractivity contribution in [1.82, 2.24) is 20.6 Å². The number of carbonyl (C=O) groups is 1. The van der Waals surface area contributed by atoms with Gasteiger partial charge in [-0.3, -0.25) is 10.1 Å². The van der Waals surface area contributed by atoms with Gasteiger partial charge in [-0.1, -0.05) is 12.1 Å². The predicted molar refractivity (Wildman–Crippen MR) is 75.9 cm³/mol. The van der Waals surface area contributed by atoms with E-state index in [1.54, 1.807) is 18.5 Å². The highest BCUT2D eigenvalue weighted by Gasteiger charge is 2.26. The molecule has 3 N–H and O–H groups in total. The van der Waals surface area contributed by atoms with Gasteiger partial charge in [-0.15, -0.1) is 0 Å². The monoisotopic (exact) mass is 288 g/mol. The molecule has 1 aromatic carbocycles. The lowest BCUT2D eigenvalue weighted by molar-refractivity contribution is -0.124. The molecule has 1 aliphatic heterocycles. The van der Waals surface area contributed by atoms with Gasteiger partial charge in [0.05, 0.1) is 29.8 Å². The van der Waals surface area contributed by atoms with Gasteiger partial charge in [-0.25, -0.2) is 9.37 Å². The molecule has 0 fully saturated rings. The number of nitrogens with zero attached hydrogens (tertiary/aromatic N) is 1. The van der Waals surface area contributed by atoms with Gasteiger partial charge in [-0.05, 0) is 24.6 Å². The molecule has 0 radical (unpaired) electrons. The Hall–Kier alpha value is -2.21. The first kappa shape index (κ1) is 13.8. The number of aromatic amines is 1. The third-order valence-corrected chi connectivity index (χ3v) is 3.78. The summed E-state index contributed by atoms with van der Waals surface area (Å²) in [6.07, 6.45) is 2.22. The summed E-state index contributed by atoms with van der Waals surface area (Å²) in [5, 5.41) is 6.13. The van der Waals surface area contributed by atoms with Crippen molar-refractivity contribution in [2.75, 3.05) is 0 Å². The Morgan fingerprint density at radius 3 is 2.95 bits per heavy atom. The summed E-state index contributed by atoms with van der Waals surface area (Å²) < 4.78 is 12.9. The smallest absolute Gasteiger partial charge is 0.238 e. The van der Waals surface area contributed by atoms with E-state index in [0.717, 1.165) is 17.0 Å². The number of hydrogen-bond acceptors (Lipinski definition) is 3. The van der Waals surface area contributed by atoms with E-state index in [1.165, 1.54) is 12.1 Å². The summed E-state index contributed by atoms with van der Waals surface area (Å²) in [4.78, 5) is 19.6. The van der Waals surface area contributed by atoms with Crippen LogP contribution in [0.5, 0.6) is 0 Å². The van der Waals surface area contributed by atoms with E-state index in [2.05, 4.69) is 20.6 Å². The Kier molecular flexibility index (Phi) is 3.70. The Balaban J connectivity index is 1.63. The molecule has 1 unspecified atom stereocenters. The zero-order valence-corrected chi connectivity index (χ0v) is 11.7. The zero-order chi connectivity index (χ0) is 14.8. The maximum atomic E-state index is 12.9. The lowest BCUT2D eigenvalue weighted by atomic mass is 10.0. The van der Waals surface area contributed by atoms with Crippen LogP contribution in [0.15, 0.2) is 30.6 Å². The van der Waals surface area contributed by atoms with Crippen molar-refractivity contribution < 1.29 is 9.18 Å². The van der Waals surface area contributed by atoms with Crippen molar-refractivity contribution in [3.8, 4) is 0 Å². The quantitative estimate of drug-likeness (QED) is 0.800. The summed E-state index contributed by atoms with van der Waals surface area (Å²) in [5.74, 6) is -0.349. The van der Waals surface area contributed by atoms with Crippen LogP contribution >= 0.6 is 0 Å². The Morgan fingerprint density at radius 1 is 1.43 bits per heavy atom. The Bertz CT molecular complexity index is 637. The summed E-state index contributed by atoms with van der Waals surface area (Å²) in [5.41, 5.74) is 2.84. The molecule has 0 saturated heterocycles. The minimum atomic E-state index is -0.288. The second kappa shape index (κ2) is 5.65. The fourth-order valence-electron chi connectivity index (χ4n) is 2.50. The van der Waals surface area contributed by atoms with Crippen molar-refractivity contribution in [1.29, 1.82) is 0 Å². The third kappa shape index (κ3) is 2.95. The zero-order valence-electron chi connectivity index (χ0n) is 11.7. The third-order valence-electron chi connectivity index (χ3n) is 3.78. The Labute approximate surface area is 122 Å². The van der Waals surface area contributed by atoms with Crippen molar-refractivity contribution in [3.05, 3.63) is 53.4 Å². The average Bonchev–Trinajstić information content (AvgIpc) is 2.95. The van der Waals surface area contributed by atoms with Crippen molar-refractivity contribution >= 4 is 5.91 Å². The normalized spacial score (nSPS) is 18.9. The molecule has 0 bridgehead atoms. The van der Waals surface area contributed by atoms with E-state index in [9.17, 15) is 9.18 Å². The minimum absolute atomic E-state index is 0.0690. The molecular formula is C15H17FN4O. The first-order valence-electron chi connectivity index (χ1n) is 6.94. The first-order valence-corrected chi connectivity index (χ1v) is 6.94. The number of aromatic nitrogens is 2. The predicted octanol–water partition coefficient (Wildman–Crippen LogP) is 1.44. The molecule has 110 valence electrons. The van der Waals surface area contributed by atoms with E-state index >= 15 is 0 Å². The van der Waals surface area contributed by atoms with Gasteiger partial charge in [0.15, 0.2) is 0 Å². The van der Waals surface area contributed by atoms with Crippen molar-refractivity contribution in [2.45, 2.75) is 32.0 Å². The minimum Gasteiger partial charge on any atom is -0.348 e. The number of halogens is 1. The highest BCUT2D eigenvalue weighted by Crippen LogP contribution is 2.15. The molecule has 1 aromatic heterocycles. The van der Waals surface area contributed by atoms with Crippen LogP contribution in [-0.4, -0.2) is 21.9 Å². The molecule has 21 heavy (non-hydrogen) atoms. The molecule has 0 saturated carbocycles. The van der Waals surface area contributed by atoms with Gasteiger partial charge in [0, 0.05) is 13.0 Å². The molecule has 2 atom stereocenters. The van der Waals surface area contributed by atoms with Crippen LogP contribution in [0, 0.1) is 5.82 Å². The second-order valence-electron chi connectivity index (χ2n) is 5.25. The molecule has 2 aromatic rings. The van der Waals surface area contributed by atoms with Crippen LogP contribution in [0.4, 0.5) is 4.39 Å². The molecule has 1 amide bonds.